The average molecular weight is 354 g/mol. The number of carbonyl (C=O) groups excluding carboxylic acids is 2. The molecule has 1 atom stereocenters. The van der Waals surface area contributed by atoms with Crippen molar-refractivity contribution in [2.45, 2.75) is 18.9 Å². The molecule has 0 bridgehead atoms. The number of benzene rings is 1. The molecule has 0 spiro atoms. The van der Waals surface area contributed by atoms with E-state index < -0.39 is 0 Å². The maximum Gasteiger partial charge on any atom is 0.267 e. The predicted molar refractivity (Wildman–Crippen MR) is 98.7 cm³/mol. The number of hydrogen-bond acceptors (Lipinski definition) is 5. The molecule has 0 aliphatic carbocycles. The zero-order chi connectivity index (χ0) is 18.5. The van der Waals surface area contributed by atoms with Crippen LogP contribution in [0.2, 0.25) is 0 Å². The fraction of sp³-hybridized carbons (Fsp3) is 0.316. The van der Waals surface area contributed by atoms with Crippen molar-refractivity contribution in [1.82, 2.24) is 10.2 Å². The lowest BCUT2D eigenvalue weighted by molar-refractivity contribution is -0.119. The van der Waals surface area contributed by atoms with Crippen molar-refractivity contribution in [3.05, 3.63) is 54.5 Å². The van der Waals surface area contributed by atoms with Crippen LogP contribution in [0.25, 0.3) is 0 Å². The molecule has 0 saturated heterocycles. The molecule has 1 aliphatic rings. The Kier molecular flexibility index (Phi) is 5.48. The number of anilines is 1. The lowest BCUT2D eigenvalue weighted by atomic mass is 10.1. The van der Waals surface area contributed by atoms with Crippen LogP contribution in [-0.2, 0) is 9.59 Å². The summed E-state index contributed by atoms with van der Waals surface area (Å²) in [5.41, 5.74) is 1.01. The SMILES string of the molecule is CN(C)C(CNC(=O)C1=NN(c2ccccc2)C(=O)CC1)c1ccco1. The third kappa shape index (κ3) is 4.00. The molecule has 0 fully saturated rings. The normalized spacial score (nSPS) is 15.7. The van der Waals surface area contributed by atoms with Gasteiger partial charge in [0.05, 0.1) is 18.0 Å². The van der Waals surface area contributed by atoms with E-state index in [1.54, 1.807) is 18.4 Å². The molecule has 1 aromatic carbocycles. The highest BCUT2D eigenvalue weighted by Crippen LogP contribution is 2.20. The third-order valence-corrected chi connectivity index (χ3v) is 4.25. The van der Waals surface area contributed by atoms with E-state index in [-0.39, 0.29) is 24.3 Å². The summed E-state index contributed by atoms with van der Waals surface area (Å²) in [7, 11) is 3.85. The number of furan rings is 1. The summed E-state index contributed by atoms with van der Waals surface area (Å²) in [6.07, 6.45) is 2.21. The van der Waals surface area contributed by atoms with E-state index in [9.17, 15) is 9.59 Å². The Labute approximate surface area is 152 Å². The first kappa shape index (κ1) is 17.9. The molecule has 2 heterocycles. The Balaban J connectivity index is 1.70. The van der Waals surface area contributed by atoms with Crippen LogP contribution in [0.4, 0.5) is 5.69 Å². The summed E-state index contributed by atoms with van der Waals surface area (Å²) in [6.45, 7) is 0.387. The number of nitrogens with one attached hydrogen (secondary N) is 1. The van der Waals surface area contributed by atoms with Gasteiger partial charge in [-0.15, -0.1) is 0 Å². The highest BCUT2D eigenvalue weighted by molar-refractivity contribution is 6.40. The van der Waals surface area contributed by atoms with Gasteiger partial charge >= 0.3 is 0 Å². The molecule has 136 valence electrons. The minimum Gasteiger partial charge on any atom is -0.468 e. The van der Waals surface area contributed by atoms with Gasteiger partial charge in [-0.3, -0.25) is 14.5 Å². The molecular weight excluding hydrogens is 332 g/mol. The van der Waals surface area contributed by atoms with Crippen LogP contribution in [-0.4, -0.2) is 43.1 Å². The maximum absolute atomic E-state index is 12.5. The molecule has 1 N–H and O–H groups in total. The number of likely N-dealkylation sites (N-methyl/N-ethyl adjacent to an activating group) is 1. The molecule has 2 amide bonds. The van der Waals surface area contributed by atoms with Crippen LogP contribution in [0.5, 0.6) is 0 Å². The van der Waals surface area contributed by atoms with Gasteiger partial charge in [-0.05, 0) is 38.4 Å². The zero-order valence-corrected chi connectivity index (χ0v) is 14.9. The second-order valence-corrected chi connectivity index (χ2v) is 6.29. The van der Waals surface area contributed by atoms with Gasteiger partial charge in [0.25, 0.3) is 5.91 Å². The van der Waals surface area contributed by atoms with Crippen molar-refractivity contribution in [3.63, 3.8) is 0 Å². The Morgan fingerprint density at radius 2 is 2.00 bits per heavy atom. The molecule has 0 radical (unpaired) electrons. The Hall–Kier alpha value is -2.93. The first-order valence-electron chi connectivity index (χ1n) is 8.50. The van der Waals surface area contributed by atoms with Gasteiger partial charge in [0, 0.05) is 19.4 Å². The van der Waals surface area contributed by atoms with E-state index in [4.69, 9.17) is 4.42 Å². The van der Waals surface area contributed by atoms with Gasteiger partial charge < -0.3 is 9.73 Å². The molecule has 1 unspecified atom stereocenters. The topological polar surface area (TPSA) is 78.2 Å². The summed E-state index contributed by atoms with van der Waals surface area (Å²) in [5.74, 6) is 0.397. The van der Waals surface area contributed by atoms with Crippen molar-refractivity contribution < 1.29 is 14.0 Å². The second-order valence-electron chi connectivity index (χ2n) is 6.29. The highest BCUT2D eigenvalue weighted by atomic mass is 16.3. The van der Waals surface area contributed by atoms with E-state index in [0.717, 1.165) is 5.76 Å². The third-order valence-electron chi connectivity index (χ3n) is 4.25. The van der Waals surface area contributed by atoms with Crippen LogP contribution in [0.15, 0.2) is 58.2 Å². The van der Waals surface area contributed by atoms with Crippen molar-refractivity contribution >= 4 is 23.2 Å². The fourth-order valence-corrected chi connectivity index (χ4v) is 2.80. The molecule has 0 saturated carbocycles. The number of carbonyl (C=O) groups is 2. The average Bonchev–Trinajstić information content (AvgIpc) is 3.17. The molecule has 3 rings (SSSR count). The summed E-state index contributed by atoms with van der Waals surface area (Å²) < 4.78 is 5.45. The molecule has 1 aliphatic heterocycles. The molecular formula is C19H22N4O3. The first-order valence-corrected chi connectivity index (χ1v) is 8.50. The van der Waals surface area contributed by atoms with Gasteiger partial charge in [0.1, 0.15) is 11.5 Å². The minimum absolute atomic E-state index is 0.0787. The fourth-order valence-electron chi connectivity index (χ4n) is 2.80. The van der Waals surface area contributed by atoms with Crippen molar-refractivity contribution in [2.24, 2.45) is 5.10 Å². The number of hydrazone groups is 1. The van der Waals surface area contributed by atoms with Gasteiger partial charge in [0.15, 0.2) is 0 Å². The van der Waals surface area contributed by atoms with Gasteiger partial charge in [0.2, 0.25) is 5.91 Å². The van der Waals surface area contributed by atoms with E-state index in [1.807, 2.05) is 49.3 Å². The largest absolute Gasteiger partial charge is 0.468 e. The van der Waals surface area contributed by atoms with Gasteiger partial charge in [-0.25, -0.2) is 5.01 Å². The van der Waals surface area contributed by atoms with Crippen LogP contribution in [0, 0.1) is 0 Å². The van der Waals surface area contributed by atoms with Crippen molar-refractivity contribution in [3.8, 4) is 0 Å². The van der Waals surface area contributed by atoms with Crippen LogP contribution >= 0.6 is 0 Å². The predicted octanol–water partition coefficient (Wildman–Crippen LogP) is 2.18. The number of amides is 2. The monoisotopic (exact) mass is 354 g/mol. The zero-order valence-electron chi connectivity index (χ0n) is 14.9. The molecule has 7 nitrogen and oxygen atoms in total. The van der Waals surface area contributed by atoms with E-state index in [0.29, 0.717) is 24.4 Å². The summed E-state index contributed by atoms with van der Waals surface area (Å²) >= 11 is 0. The van der Waals surface area contributed by atoms with Crippen LogP contribution in [0.1, 0.15) is 24.6 Å². The van der Waals surface area contributed by atoms with Crippen molar-refractivity contribution in [2.75, 3.05) is 25.6 Å². The number of nitrogens with zero attached hydrogens (tertiary/aromatic N) is 3. The second kappa shape index (κ2) is 7.97. The Morgan fingerprint density at radius 3 is 2.65 bits per heavy atom. The molecule has 1 aromatic heterocycles. The standard InChI is InChI=1S/C19H22N4O3/c1-22(2)16(17-9-6-12-26-17)13-20-19(25)15-10-11-18(24)23(21-15)14-7-4-3-5-8-14/h3-9,12,16H,10-11,13H2,1-2H3,(H,20,25). The first-order chi connectivity index (χ1) is 12.6. The van der Waals surface area contributed by atoms with Gasteiger partial charge in [-0.2, -0.15) is 5.10 Å². The van der Waals surface area contributed by atoms with Crippen molar-refractivity contribution in [1.29, 1.82) is 0 Å². The van der Waals surface area contributed by atoms with E-state index >= 15 is 0 Å². The quantitative estimate of drug-likeness (QED) is 0.862. The lowest BCUT2D eigenvalue weighted by Crippen LogP contribution is -2.41. The Bertz CT molecular complexity index is 784. The lowest BCUT2D eigenvalue weighted by Gasteiger charge is -2.25. The Morgan fingerprint density at radius 1 is 1.23 bits per heavy atom. The number of hydrogen-bond donors (Lipinski definition) is 1. The maximum atomic E-state index is 12.5. The smallest absolute Gasteiger partial charge is 0.267 e. The van der Waals surface area contributed by atoms with Gasteiger partial charge in [-0.1, -0.05) is 18.2 Å². The highest BCUT2D eigenvalue weighted by Gasteiger charge is 2.26. The summed E-state index contributed by atoms with van der Waals surface area (Å²) in [4.78, 5) is 26.7. The number of para-hydroxylation sites is 1. The number of rotatable bonds is 6. The summed E-state index contributed by atoms with van der Waals surface area (Å²) in [6, 6.07) is 12.7. The summed E-state index contributed by atoms with van der Waals surface area (Å²) in [5, 5.41) is 8.47. The van der Waals surface area contributed by atoms with Crippen LogP contribution < -0.4 is 10.3 Å². The molecule has 2 aromatic rings. The van der Waals surface area contributed by atoms with E-state index in [2.05, 4.69) is 10.4 Å². The van der Waals surface area contributed by atoms with E-state index in [1.165, 1.54) is 5.01 Å². The molecule has 26 heavy (non-hydrogen) atoms. The minimum atomic E-state index is -0.267. The van der Waals surface area contributed by atoms with Crippen LogP contribution in [0.3, 0.4) is 0 Å². The molecule has 7 heteroatoms.